The Morgan fingerprint density at radius 1 is 0.576 bits per heavy atom. The van der Waals surface area contributed by atoms with Crippen molar-refractivity contribution >= 4 is 35.8 Å². The standard InChI is InChI=1S/C44H58N4O11/c1-26-34(39(52)57-42(3,4)5)30(35(27(2)48(26)55)40(53)58-43(6,7)8)25-32(37(50)46-33(38(51)56-12)24-29-21-17-14-18-22-29)45-36(49)31(23-28-19-15-13-16-20-28)47-41(54)59-44(9,10)11/h13-22,31-33H,23-25H2,1-12H3,(H,45,49)(H,46,50)(H,47,54)/t31-,32-,33-/m0/s1. The van der Waals surface area contributed by atoms with Crippen LogP contribution in [0.1, 0.15) is 111 Å². The summed E-state index contributed by atoms with van der Waals surface area (Å²) in [5.41, 5.74) is -2.75. The first-order chi connectivity index (χ1) is 27.3. The monoisotopic (exact) mass is 818 g/mol. The van der Waals surface area contributed by atoms with E-state index in [0.29, 0.717) is 15.9 Å². The van der Waals surface area contributed by atoms with Crippen LogP contribution >= 0.6 is 0 Å². The number of benzene rings is 2. The first-order valence-corrected chi connectivity index (χ1v) is 19.3. The molecule has 0 fully saturated rings. The van der Waals surface area contributed by atoms with Gasteiger partial charge in [0.2, 0.25) is 23.2 Å². The molecule has 0 saturated heterocycles. The fraction of sp³-hybridized carbons (Fsp3) is 0.477. The summed E-state index contributed by atoms with van der Waals surface area (Å²) in [4.78, 5) is 83.3. The minimum atomic E-state index is -1.66. The van der Waals surface area contributed by atoms with Crippen LogP contribution in [-0.2, 0) is 52.6 Å². The summed E-state index contributed by atoms with van der Waals surface area (Å²) in [5.74, 6) is -4.51. The Hall–Kier alpha value is -5.99. The van der Waals surface area contributed by atoms with Crippen molar-refractivity contribution in [2.75, 3.05) is 7.11 Å². The molecule has 59 heavy (non-hydrogen) atoms. The Balaban J connectivity index is 2.29. The van der Waals surface area contributed by atoms with E-state index < -0.39 is 77.2 Å². The molecular formula is C44H58N4O11. The molecule has 0 aliphatic heterocycles. The van der Waals surface area contributed by atoms with Gasteiger partial charge in [0, 0.05) is 33.1 Å². The van der Waals surface area contributed by atoms with Gasteiger partial charge in [0.25, 0.3) is 0 Å². The van der Waals surface area contributed by atoms with E-state index in [-0.39, 0.29) is 40.9 Å². The van der Waals surface area contributed by atoms with Gasteiger partial charge in [-0.15, -0.1) is 0 Å². The number of esters is 3. The molecule has 3 rings (SSSR count). The SMILES string of the molecule is COC(=O)[C@H](Cc1ccccc1)NC(=O)[C@H](Cc1c(C(=O)OC(C)(C)C)c(C)[n+]([O-])c(C)c1C(=O)OC(C)(C)C)NC(=O)[C@H](Cc1ccccc1)NC(=O)OC(C)(C)C. The van der Waals surface area contributed by atoms with Gasteiger partial charge in [-0.3, -0.25) is 9.59 Å². The molecule has 15 heteroatoms. The maximum Gasteiger partial charge on any atom is 0.408 e. The molecular weight excluding hydrogens is 761 g/mol. The average Bonchev–Trinajstić information content (AvgIpc) is 3.11. The maximum absolute atomic E-state index is 14.6. The largest absolute Gasteiger partial charge is 0.618 e. The van der Waals surface area contributed by atoms with Crippen molar-refractivity contribution in [3.8, 4) is 0 Å². The lowest BCUT2D eigenvalue weighted by atomic mass is 9.91. The van der Waals surface area contributed by atoms with Crippen LogP contribution in [-0.4, -0.2) is 77.9 Å². The van der Waals surface area contributed by atoms with Crippen LogP contribution in [0.25, 0.3) is 0 Å². The van der Waals surface area contributed by atoms with Gasteiger partial charge in [-0.05, 0) is 79.0 Å². The molecule has 0 unspecified atom stereocenters. The zero-order valence-electron chi connectivity index (χ0n) is 36.1. The smallest absolute Gasteiger partial charge is 0.408 e. The van der Waals surface area contributed by atoms with E-state index in [9.17, 15) is 34.0 Å². The number of pyridine rings is 1. The van der Waals surface area contributed by atoms with Crippen molar-refractivity contribution in [3.63, 3.8) is 0 Å². The zero-order chi connectivity index (χ0) is 44.5. The van der Waals surface area contributed by atoms with Gasteiger partial charge in [0.15, 0.2) is 0 Å². The number of nitrogens with one attached hydrogen (secondary N) is 3. The van der Waals surface area contributed by atoms with Crippen LogP contribution in [0.3, 0.4) is 0 Å². The number of hydrogen-bond acceptors (Lipinski definition) is 11. The highest BCUT2D eigenvalue weighted by molar-refractivity contribution is 6.00. The summed E-state index contributed by atoms with van der Waals surface area (Å²) in [6.45, 7) is 17.4. The number of rotatable bonds is 14. The van der Waals surface area contributed by atoms with Crippen LogP contribution in [0.15, 0.2) is 60.7 Å². The first kappa shape index (κ1) is 47.4. The van der Waals surface area contributed by atoms with E-state index in [0.717, 1.165) is 7.11 Å². The van der Waals surface area contributed by atoms with Crippen molar-refractivity contribution in [3.05, 3.63) is 105 Å². The van der Waals surface area contributed by atoms with Gasteiger partial charge in [0.05, 0.1) is 7.11 Å². The number of alkyl carbamates (subject to hydrolysis) is 1. The van der Waals surface area contributed by atoms with Crippen LogP contribution in [0.4, 0.5) is 4.79 Å². The topological polar surface area (TPSA) is 202 Å². The Morgan fingerprint density at radius 3 is 1.34 bits per heavy atom. The minimum absolute atomic E-state index is 0.00278. The molecule has 0 radical (unpaired) electrons. The third-order valence-corrected chi connectivity index (χ3v) is 8.56. The van der Waals surface area contributed by atoms with Crippen LogP contribution < -0.4 is 20.7 Å². The Morgan fingerprint density at radius 2 is 0.949 bits per heavy atom. The molecule has 15 nitrogen and oxygen atoms in total. The number of nitrogens with zero attached hydrogens (tertiary/aromatic N) is 1. The summed E-state index contributed by atoms with van der Waals surface area (Å²) >= 11 is 0. The molecule has 0 saturated carbocycles. The summed E-state index contributed by atoms with van der Waals surface area (Å²) in [6, 6.07) is 13.4. The minimum Gasteiger partial charge on any atom is -0.618 e. The zero-order valence-corrected chi connectivity index (χ0v) is 36.1. The molecule has 1 heterocycles. The van der Waals surface area contributed by atoms with Crippen molar-refractivity contribution in [2.45, 2.75) is 130 Å². The Labute approximate surface area is 346 Å². The highest BCUT2D eigenvalue weighted by Gasteiger charge is 2.39. The fourth-order valence-corrected chi connectivity index (χ4v) is 6.07. The predicted octanol–water partition coefficient (Wildman–Crippen LogP) is 4.91. The highest BCUT2D eigenvalue weighted by Crippen LogP contribution is 2.27. The molecule has 0 aliphatic rings. The van der Waals surface area contributed by atoms with E-state index >= 15 is 0 Å². The maximum atomic E-state index is 14.6. The molecule has 3 N–H and O–H groups in total. The van der Waals surface area contributed by atoms with Crippen molar-refractivity contribution in [1.82, 2.24) is 16.0 Å². The number of carbonyl (C=O) groups is 6. The van der Waals surface area contributed by atoms with E-state index in [1.807, 2.05) is 0 Å². The molecule has 320 valence electrons. The third-order valence-electron chi connectivity index (χ3n) is 8.56. The van der Waals surface area contributed by atoms with E-state index in [1.165, 1.54) is 13.8 Å². The first-order valence-electron chi connectivity index (χ1n) is 19.3. The lowest BCUT2D eigenvalue weighted by Gasteiger charge is -2.28. The highest BCUT2D eigenvalue weighted by atomic mass is 16.6. The Kier molecular flexibility index (Phi) is 15.8. The molecule has 3 aromatic rings. The van der Waals surface area contributed by atoms with Gasteiger partial charge in [0.1, 0.15) is 46.1 Å². The molecule has 0 spiro atoms. The quantitative estimate of drug-likeness (QED) is 0.0864. The van der Waals surface area contributed by atoms with Gasteiger partial charge in [-0.2, -0.15) is 4.73 Å². The average molecular weight is 819 g/mol. The number of methoxy groups -OCH3 is 1. The number of carbonyl (C=O) groups excluding carboxylic acids is 6. The van der Waals surface area contributed by atoms with Crippen molar-refractivity contribution in [2.24, 2.45) is 0 Å². The number of hydrogen-bond donors (Lipinski definition) is 3. The lowest BCUT2D eigenvalue weighted by molar-refractivity contribution is -0.619. The summed E-state index contributed by atoms with van der Waals surface area (Å²) in [7, 11) is 1.16. The van der Waals surface area contributed by atoms with Gasteiger partial charge in [-0.1, -0.05) is 60.7 Å². The van der Waals surface area contributed by atoms with Crippen molar-refractivity contribution < 1.29 is 52.4 Å². The lowest BCUT2D eigenvalue weighted by Crippen LogP contribution is -2.57. The number of ether oxygens (including phenoxy) is 4. The van der Waals surface area contributed by atoms with E-state index in [1.54, 1.807) is 123 Å². The van der Waals surface area contributed by atoms with Gasteiger partial charge >= 0.3 is 24.0 Å². The number of aromatic nitrogens is 1. The summed E-state index contributed by atoms with van der Waals surface area (Å²) in [6.07, 6.45) is -1.53. The number of amides is 3. The molecule has 1 aromatic heterocycles. The molecule has 2 aromatic carbocycles. The molecule has 3 amide bonds. The molecule has 0 bridgehead atoms. The third kappa shape index (κ3) is 14.4. The molecule has 3 atom stereocenters. The molecule has 0 aliphatic carbocycles. The second kappa shape index (κ2) is 19.6. The summed E-state index contributed by atoms with van der Waals surface area (Å²) < 4.78 is 22.3. The van der Waals surface area contributed by atoms with Crippen molar-refractivity contribution in [1.29, 1.82) is 0 Å². The fourth-order valence-electron chi connectivity index (χ4n) is 6.07. The predicted molar refractivity (Wildman–Crippen MR) is 218 cm³/mol. The van der Waals surface area contributed by atoms with Crippen LogP contribution in [0.5, 0.6) is 0 Å². The van der Waals surface area contributed by atoms with Gasteiger partial charge < -0.3 is 40.1 Å². The Bertz CT molecular complexity index is 1940. The second-order valence-corrected chi connectivity index (χ2v) is 17.1. The second-order valence-electron chi connectivity index (χ2n) is 17.1. The van der Waals surface area contributed by atoms with Gasteiger partial charge in [-0.25, -0.2) is 19.2 Å². The summed E-state index contributed by atoms with van der Waals surface area (Å²) in [5, 5.41) is 21.6. The normalized spacial score (nSPS) is 13.2. The van der Waals surface area contributed by atoms with E-state index in [4.69, 9.17) is 18.9 Å². The van der Waals surface area contributed by atoms with Crippen LogP contribution in [0, 0.1) is 19.1 Å². The van der Waals surface area contributed by atoms with E-state index in [2.05, 4.69) is 16.0 Å². The van der Waals surface area contributed by atoms with Crippen LogP contribution in [0.2, 0.25) is 0 Å².